The molecular formula is C23H23N5O. The zero-order valence-electron chi connectivity index (χ0n) is 16.2. The van der Waals surface area contributed by atoms with E-state index in [4.69, 9.17) is 0 Å². The highest BCUT2D eigenvalue weighted by atomic mass is 16.2. The zero-order chi connectivity index (χ0) is 19.6. The van der Waals surface area contributed by atoms with Gasteiger partial charge in [-0.1, -0.05) is 24.3 Å². The molecular weight excluding hydrogens is 362 g/mol. The number of fused-ring (bicyclic) bond motifs is 1. The highest BCUT2D eigenvalue weighted by molar-refractivity contribution is 5.93. The predicted octanol–water partition coefficient (Wildman–Crippen LogP) is 3.13. The van der Waals surface area contributed by atoms with Gasteiger partial charge in [0.2, 0.25) is 0 Å². The molecule has 1 amide bonds. The second-order valence-electron chi connectivity index (χ2n) is 7.40. The lowest BCUT2D eigenvalue weighted by molar-refractivity contribution is 0.0740. The Morgan fingerprint density at radius 1 is 0.828 bits per heavy atom. The van der Waals surface area contributed by atoms with Crippen molar-refractivity contribution in [3.63, 3.8) is 0 Å². The summed E-state index contributed by atoms with van der Waals surface area (Å²) in [6, 6.07) is 18.3. The molecule has 0 aliphatic carbocycles. The van der Waals surface area contributed by atoms with Gasteiger partial charge in [0.25, 0.3) is 5.91 Å². The number of pyridine rings is 2. The third-order valence-electron chi connectivity index (χ3n) is 5.70. The quantitative estimate of drug-likeness (QED) is 0.693. The lowest BCUT2D eigenvalue weighted by atomic mass is 10.2. The van der Waals surface area contributed by atoms with Gasteiger partial charge in [0.15, 0.2) is 0 Å². The van der Waals surface area contributed by atoms with Crippen molar-refractivity contribution in [3.8, 4) is 0 Å². The van der Waals surface area contributed by atoms with Gasteiger partial charge in [-0.3, -0.25) is 9.78 Å². The maximum Gasteiger partial charge on any atom is 0.272 e. The molecule has 0 unspecified atom stereocenters. The van der Waals surface area contributed by atoms with Crippen molar-refractivity contribution in [2.24, 2.45) is 0 Å². The SMILES string of the molecule is O=C(c1cc(N2CCc3ccccc32)ccn1)N1CCN(c2ccccn2)CC1. The number of carbonyl (C=O) groups excluding carboxylic acids is 1. The molecule has 1 aromatic carbocycles. The molecule has 0 bridgehead atoms. The van der Waals surface area contributed by atoms with E-state index in [9.17, 15) is 4.79 Å². The summed E-state index contributed by atoms with van der Waals surface area (Å²) in [7, 11) is 0. The maximum atomic E-state index is 13.1. The number of anilines is 3. The number of piperazine rings is 1. The molecule has 2 aliphatic heterocycles. The monoisotopic (exact) mass is 385 g/mol. The van der Waals surface area contributed by atoms with E-state index in [1.807, 2.05) is 35.2 Å². The van der Waals surface area contributed by atoms with E-state index in [1.54, 1.807) is 12.4 Å². The summed E-state index contributed by atoms with van der Waals surface area (Å²) in [6.07, 6.45) is 4.57. The van der Waals surface area contributed by atoms with Crippen LogP contribution in [0.15, 0.2) is 67.0 Å². The second-order valence-corrected chi connectivity index (χ2v) is 7.40. The summed E-state index contributed by atoms with van der Waals surface area (Å²) in [5.41, 5.74) is 4.11. The minimum Gasteiger partial charge on any atom is -0.353 e. The Morgan fingerprint density at radius 2 is 1.66 bits per heavy atom. The van der Waals surface area contributed by atoms with E-state index >= 15 is 0 Å². The minimum atomic E-state index is 0.00000273. The van der Waals surface area contributed by atoms with Crippen molar-refractivity contribution in [1.29, 1.82) is 0 Å². The Bertz CT molecular complexity index is 1010. The molecule has 5 rings (SSSR count). The van der Waals surface area contributed by atoms with Crippen LogP contribution >= 0.6 is 0 Å². The number of carbonyl (C=O) groups is 1. The van der Waals surface area contributed by atoms with Crippen LogP contribution in [0.5, 0.6) is 0 Å². The lowest BCUT2D eigenvalue weighted by Gasteiger charge is -2.35. The van der Waals surface area contributed by atoms with Crippen LogP contribution < -0.4 is 9.80 Å². The highest BCUT2D eigenvalue weighted by Crippen LogP contribution is 2.34. The molecule has 2 aromatic heterocycles. The van der Waals surface area contributed by atoms with Crippen LogP contribution in [0.1, 0.15) is 16.1 Å². The molecule has 0 N–H and O–H groups in total. The summed E-state index contributed by atoms with van der Waals surface area (Å²) in [6.45, 7) is 3.84. The normalized spacial score (nSPS) is 16.1. The van der Waals surface area contributed by atoms with E-state index in [0.29, 0.717) is 18.8 Å². The van der Waals surface area contributed by atoms with Gasteiger partial charge in [-0.05, 0) is 42.3 Å². The van der Waals surface area contributed by atoms with Crippen LogP contribution in [0.2, 0.25) is 0 Å². The summed E-state index contributed by atoms with van der Waals surface area (Å²) in [4.78, 5) is 28.2. The van der Waals surface area contributed by atoms with Gasteiger partial charge < -0.3 is 14.7 Å². The average molecular weight is 385 g/mol. The molecule has 4 heterocycles. The van der Waals surface area contributed by atoms with Crippen LogP contribution in [0.3, 0.4) is 0 Å². The standard InChI is InChI=1S/C23H23N5O/c29-23(27-15-13-26(14-16-27)22-7-3-4-10-25-22)20-17-19(8-11-24-20)28-12-9-18-5-1-2-6-21(18)28/h1-8,10-11,17H,9,12-16H2. The molecule has 6 heteroatoms. The van der Waals surface area contributed by atoms with E-state index < -0.39 is 0 Å². The first kappa shape index (κ1) is 17.7. The Labute approximate surface area is 170 Å². The van der Waals surface area contributed by atoms with Crippen LogP contribution in [-0.2, 0) is 6.42 Å². The van der Waals surface area contributed by atoms with Crippen molar-refractivity contribution in [1.82, 2.24) is 14.9 Å². The average Bonchev–Trinajstić information content (AvgIpc) is 3.24. The first-order chi connectivity index (χ1) is 14.3. The fourth-order valence-corrected chi connectivity index (χ4v) is 4.15. The van der Waals surface area contributed by atoms with E-state index in [0.717, 1.165) is 37.6 Å². The van der Waals surface area contributed by atoms with Gasteiger partial charge >= 0.3 is 0 Å². The van der Waals surface area contributed by atoms with Gasteiger partial charge in [0.05, 0.1) is 0 Å². The molecule has 0 saturated carbocycles. The largest absolute Gasteiger partial charge is 0.353 e. The van der Waals surface area contributed by atoms with Crippen molar-refractivity contribution in [3.05, 3.63) is 78.2 Å². The van der Waals surface area contributed by atoms with E-state index in [1.165, 1.54) is 11.3 Å². The molecule has 0 spiro atoms. The molecule has 1 saturated heterocycles. The lowest BCUT2D eigenvalue weighted by Crippen LogP contribution is -2.49. The predicted molar refractivity (Wildman–Crippen MR) is 114 cm³/mol. The molecule has 0 radical (unpaired) electrons. The Kier molecular flexibility index (Phi) is 4.60. The molecule has 3 aromatic rings. The number of hydrogen-bond acceptors (Lipinski definition) is 5. The smallest absolute Gasteiger partial charge is 0.272 e. The first-order valence-corrected chi connectivity index (χ1v) is 10.1. The fraction of sp³-hybridized carbons (Fsp3) is 0.261. The second kappa shape index (κ2) is 7.54. The van der Waals surface area contributed by atoms with Crippen LogP contribution in [-0.4, -0.2) is 53.5 Å². The maximum absolute atomic E-state index is 13.1. The van der Waals surface area contributed by atoms with Crippen LogP contribution in [0.4, 0.5) is 17.2 Å². The van der Waals surface area contributed by atoms with Crippen molar-refractivity contribution in [2.75, 3.05) is 42.5 Å². The number of hydrogen-bond donors (Lipinski definition) is 0. The summed E-state index contributed by atoms with van der Waals surface area (Å²) in [5, 5.41) is 0. The molecule has 1 fully saturated rings. The van der Waals surface area contributed by atoms with Crippen LogP contribution in [0, 0.1) is 0 Å². The zero-order valence-corrected chi connectivity index (χ0v) is 16.2. The van der Waals surface area contributed by atoms with Gasteiger partial charge in [0.1, 0.15) is 11.5 Å². The number of para-hydroxylation sites is 1. The molecule has 2 aliphatic rings. The Morgan fingerprint density at radius 3 is 2.48 bits per heavy atom. The van der Waals surface area contributed by atoms with Gasteiger partial charge in [-0.15, -0.1) is 0 Å². The molecule has 6 nitrogen and oxygen atoms in total. The third kappa shape index (κ3) is 3.42. The fourth-order valence-electron chi connectivity index (χ4n) is 4.15. The first-order valence-electron chi connectivity index (χ1n) is 10.1. The number of nitrogens with zero attached hydrogens (tertiary/aromatic N) is 5. The van der Waals surface area contributed by atoms with E-state index in [-0.39, 0.29) is 5.91 Å². The minimum absolute atomic E-state index is 0.00000273. The number of amides is 1. The van der Waals surface area contributed by atoms with E-state index in [2.05, 4.69) is 44.0 Å². The third-order valence-corrected chi connectivity index (χ3v) is 5.70. The molecule has 0 atom stereocenters. The number of benzene rings is 1. The number of aromatic nitrogens is 2. The van der Waals surface area contributed by atoms with Crippen molar-refractivity contribution >= 4 is 23.1 Å². The topological polar surface area (TPSA) is 52.6 Å². The number of rotatable bonds is 3. The summed E-state index contributed by atoms with van der Waals surface area (Å²) >= 11 is 0. The Balaban J connectivity index is 1.30. The molecule has 146 valence electrons. The van der Waals surface area contributed by atoms with Crippen molar-refractivity contribution in [2.45, 2.75) is 6.42 Å². The van der Waals surface area contributed by atoms with Gasteiger partial charge in [-0.2, -0.15) is 0 Å². The van der Waals surface area contributed by atoms with Gasteiger partial charge in [-0.25, -0.2) is 4.98 Å². The summed E-state index contributed by atoms with van der Waals surface area (Å²) in [5.74, 6) is 0.965. The highest BCUT2D eigenvalue weighted by Gasteiger charge is 2.25. The van der Waals surface area contributed by atoms with Crippen LogP contribution in [0.25, 0.3) is 0 Å². The van der Waals surface area contributed by atoms with Crippen molar-refractivity contribution < 1.29 is 4.79 Å². The summed E-state index contributed by atoms with van der Waals surface area (Å²) < 4.78 is 0. The molecule has 29 heavy (non-hydrogen) atoms. The Hall–Kier alpha value is -3.41. The van der Waals surface area contributed by atoms with Gasteiger partial charge in [0, 0.05) is 56.5 Å².